The number of piperidine rings is 1. The SMILES string of the molecule is COc1ccc2nc3cc(Cl)ccc3c(N3CCC(C)CC3)c2c1. The first-order valence-corrected chi connectivity index (χ1v) is 8.85. The molecule has 0 amide bonds. The summed E-state index contributed by atoms with van der Waals surface area (Å²) in [4.78, 5) is 7.32. The quantitative estimate of drug-likeness (QED) is 0.593. The number of nitrogens with zero attached hydrogens (tertiary/aromatic N) is 2. The molecule has 124 valence electrons. The van der Waals surface area contributed by atoms with E-state index in [0.717, 1.165) is 51.6 Å². The molecule has 0 spiro atoms. The zero-order valence-corrected chi connectivity index (χ0v) is 14.8. The fourth-order valence-corrected chi connectivity index (χ4v) is 3.74. The minimum Gasteiger partial charge on any atom is -0.497 e. The molecule has 1 aliphatic heterocycles. The third-order valence-corrected chi connectivity index (χ3v) is 5.25. The summed E-state index contributed by atoms with van der Waals surface area (Å²) in [6.45, 7) is 4.49. The number of methoxy groups -OCH3 is 1. The van der Waals surface area contributed by atoms with Crippen molar-refractivity contribution in [2.45, 2.75) is 19.8 Å². The molecule has 1 fully saturated rings. The second kappa shape index (κ2) is 6.14. The van der Waals surface area contributed by atoms with Gasteiger partial charge in [0.15, 0.2) is 0 Å². The molecule has 3 aromatic rings. The Morgan fingerprint density at radius 1 is 1.04 bits per heavy atom. The Hall–Kier alpha value is -2.00. The zero-order chi connectivity index (χ0) is 16.7. The lowest BCUT2D eigenvalue weighted by Crippen LogP contribution is -2.33. The van der Waals surface area contributed by atoms with Crippen LogP contribution in [0.4, 0.5) is 5.69 Å². The zero-order valence-electron chi connectivity index (χ0n) is 14.1. The molecular weight excluding hydrogens is 320 g/mol. The molecule has 0 atom stereocenters. The summed E-state index contributed by atoms with van der Waals surface area (Å²) >= 11 is 6.20. The third kappa shape index (κ3) is 2.67. The van der Waals surface area contributed by atoms with Crippen LogP contribution in [0.1, 0.15) is 19.8 Å². The van der Waals surface area contributed by atoms with Gasteiger partial charge in [-0.1, -0.05) is 18.5 Å². The van der Waals surface area contributed by atoms with Gasteiger partial charge >= 0.3 is 0 Å². The first kappa shape index (κ1) is 15.5. The number of hydrogen-bond donors (Lipinski definition) is 0. The van der Waals surface area contributed by atoms with Gasteiger partial charge in [-0.3, -0.25) is 0 Å². The first-order valence-electron chi connectivity index (χ1n) is 8.47. The van der Waals surface area contributed by atoms with E-state index in [-0.39, 0.29) is 0 Å². The van der Waals surface area contributed by atoms with E-state index < -0.39 is 0 Å². The van der Waals surface area contributed by atoms with Gasteiger partial charge in [-0.15, -0.1) is 0 Å². The van der Waals surface area contributed by atoms with E-state index in [0.29, 0.717) is 0 Å². The Balaban J connectivity index is 2.00. The monoisotopic (exact) mass is 340 g/mol. The van der Waals surface area contributed by atoms with E-state index in [2.05, 4.69) is 24.0 Å². The molecule has 0 bridgehead atoms. The predicted molar refractivity (Wildman–Crippen MR) is 101 cm³/mol. The van der Waals surface area contributed by atoms with Crippen LogP contribution < -0.4 is 9.64 Å². The number of halogens is 1. The molecule has 0 aliphatic carbocycles. The fraction of sp³-hybridized carbons (Fsp3) is 0.350. The minimum absolute atomic E-state index is 0.723. The van der Waals surface area contributed by atoms with Crippen LogP contribution >= 0.6 is 11.6 Å². The first-order chi connectivity index (χ1) is 11.7. The van der Waals surface area contributed by atoms with Crippen molar-refractivity contribution >= 4 is 39.1 Å². The molecular formula is C20H21ClN2O. The summed E-state index contributed by atoms with van der Waals surface area (Å²) in [6.07, 6.45) is 2.45. The van der Waals surface area contributed by atoms with Crippen LogP contribution in [-0.4, -0.2) is 25.2 Å². The van der Waals surface area contributed by atoms with E-state index in [1.807, 2.05) is 24.3 Å². The van der Waals surface area contributed by atoms with Crippen LogP contribution in [0.2, 0.25) is 5.02 Å². The van der Waals surface area contributed by atoms with Crippen LogP contribution in [0.3, 0.4) is 0 Å². The average molecular weight is 341 g/mol. The highest BCUT2D eigenvalue weighted by atomic mass is 35.5. The Morgan fingerprint density at radius 2 is 1.83 bits per heavy atom. The molecule has 2 heterocycles. The van der Waals surface area contributed by atoms with Crippen molar-refractivity contribution in [3.63, 3.8) is 0 Å². The van der Waals surface area contributed by atoms with Gasteiger partial charge in [0.05, 0.1) is 23.8 Å². The molecule has 0 radical (unpaired) electrons. The lowest BCUT2D eigenvalue weighted by Gasteiger charge is -2.33. The average Bonchev–Trinajstić information content (AvgIpc) is 2.60. The number of hydrogen-bond acceptors (Lipinski definition) is 3. The summed E-state index contributed by atoms with van der Waals surface area (Å²) < 4.78 is 5.45. The van der Waals surface area contributed by atoms with Crippen LogP contribution in [0, 0.1) is 5.92 Å². The van der Waals surface area contributed by atoms with Crippen molar-refractivity contribution in [3.8, 4) is 5.75 Å². The second-order valence-corrected chi connectivity index (χ2v) is 7.11. The third-order valence-electron chi connectivity index (χ3n) is 5.01. The molecule has 0 unspecified atom stereocenters. The largest absolute Gasteiger partial charge is 0.497 e. The number of pyridine rings is 1. The van der Waals surface area contributed by atoms with Gasteiger partial charge in [0, 0.05) is 28.9 Å². The van der Waals surface area contributed by atoms with Gasteiger partial charge in [0.25, 0.3) is 0 Å². The highest BCUT2D eigenvalue weighted by Gasteiger charge is 2.21. The normalized spacial score (nSPS) is 16.0. The van der Waals surface area contributed by atoms with Gasteiger partial charge in [-0.25, -0.2) is 4.98 Å². The van der Waals surface area contributed by atoms with E-state index in [9.17, 15) is 0 Å². The molecule has 1 saturated heterocycles. The molecule has 24 heavy (non-hydrogen) atoms. The van der Waals surface area contributed by atoms with Gasteiger partial charge in [0.2, 0.25) is 0 Å². The maximum Gasteiger partial charge on any atom is 0.119 e. The summed E-state index contributed by atoms with van der Waals surface area (Å²) in [6, 6.07) is 12.1. The molecule has 1 aliphatic rings. The number of benzene rings is 2. The lowest BCUT2D eigenvalue weighted by atomic mass is 9.97. The topological polar surface area (TPSA) is 25.4 Å². The van der Waals surface area contributed by atoms with Crippen molar-refractivity contribution in [2.75, 3.05) is 25.1 Å². The number of anilines is 1. The Morgan fingerprint density at radius 3 is 2.58 bits per heavy atom. The summed E-state index contributed by atoms with van der Waals surface area (Å²) in [5.41, 5.74) is 3.20. The second-order valence-electron chi connectivity index (χ2n) is 6.67. The van der Waals surface area contributed by atoms with Crippen LogP contribution in [-0.2, 0) is 0 Å². The molecule has 0 N–H and O–H groups in total. The van der Waals surface area contributed by atoms with Crippen molar-refractivity contribution < 1.29 is 4.74 Å². The van der Waals surface area contributed by atoms with E-state index in [1.165, 1.54) is 18.5 Å². The van der Waals surface area contributed by atoms with Crippen molar-refractivity contribution in [3.05, 3.63) is 41.4 Å². The number of fused-ring (bicyclic) bond motifs is 2. The highest BCUT2D eigenvalue weighted by Crippen LogP contribution is 2.38. The number of aromatic nitrogens is 1. The van der Waals surface area contributed by atoms with Gasteiger partial charge in [0.1, 0.15) is 5.75 Å². The smallest absolute Gasteiger partial charge is 0.119 e. The van der Waals surface area contributed by atoms with E-state index in [1.54, 1.807) is 7.11 Å². The highest BCUT2D eigenvalue weighted by molar-refractivity contribution is 6.31. The van der Waals surface area contributed by atoms with Crippen molar-refractivity contribution in [1.82, 2.24) is 4.98 Å². The Labute approximate surface area is 147 Å². The molecule has 1 aromatic heterocycles. The fourth-order valence-electron chi connectivity index (χ4n) is 3.57. The maximum atomic E-state index is 6.20. The minimum atomic E-state index is 0.723. The van der Waals surface area contributed by atoms with E-state index >= 15 is 0 Å². The van der Waals surface area contributed by atoms with Gasteiger partial charge in [-0.05, 0) is 55.2 Å². The van der Waals surface area contributed by atoms with Crippen LogP contribution in [0.25, 0.3) is 21.8 Å². The van der Waals surface area contributed by atoms with Gasteiger partial charge < -0.3 is 9.64 Å². The summed E-state index contributed by atoms with van der Waals surface area (Å²) in [5.74, 6) is 1.66. The van der Waals surface area contributed by atoms with E-state index in [4.69, 9.17) is 21.3 Å². The van der Waals surface area contributed by atoms with Gasteiger partial charge in [-0.2, -0.15) is 0 Å². The molecule has 4 heteroatoms. The summed E-state index contributed by atoms with van der Waals surface area (Å²) in [7, 11) is 1.71. The number of ether oxygens (including phenoxy) is 1. The molecule has 4 rings (SSSR count). The predicted octanol–water partition coefficient (Wildman–Crippen LogP) is 5.29. The Bertz CT molecular complexity index is 901. The van der Waals surface area contributed by atoms with Crippen LogP contribution in [0.5, 0.6) is 5.75 Å². The molecule has 3 nitrogen and oxygen atoms in total. The molecule has 0 saturated carbocycles. The standard InChI is InChI=1S/C20H21ClN2O/c1-13-7-9-23(10-8-13)20-16-5-3-14(21)11-19(16)22-18-6-4-15(24-2)12-17(18)20/h3-6,11-13H,7-10H2,1-2H3. The summed E-state index contributed by atoms with van der Waals surface area (Å²) in [5, 5.41) is 3.04. The Kier molecular flexibility index (Phi) is 3.97. The lowest BCUT2D eigenvalue weighted by molar-refractivity contribution is 0.415. The van der Waals surface area contributed by atoms with Crippen molar-refractivity contribution in [2.24, 2.45) is 5.92 Å². The molecule has 2 aromatic carbocycles. The van der Waals surface area contributed by atoms with Crippen molar-refractivity contribution in [1.29, 1.82) is 0 Å². The number of rotatable bonds is 2. The maximum absolute atomic E-state index is 6.20. The van der Waals surface area contributed by atoms with Crippen LogP contribution in [0.15, 0.2) is 36.4 Å².